The summed E-state index contributed by atoms with van der Waals surface area (Å²) in [5, 5.41) is 7.09. The van der Waals surface area contributed by atoms with Crippen molar-refractivity contribution in [3.8, 4) is 56.1 Å². The Bertz CT molecular complexity index is 3840. The van der Waals surface area contributed by atoms with Crippen LogP contribution in [0.5, 0.6) is 0 Å². The van der Waals surface area contributed by atoms with Gasteiger partial charge in [0.2, 0.25) is 0 Å². The van der Waals surface area contributed by atoms with E-state index in [9.17, 15) is 0 Å². The lowest BCUT2D eigenvalue weighted by atomic mass is 9.99. The summed E-state index contributed by atoms with van der Waals surface area (Å²) in [6.07, 6.45) is 0. The van der Waals surface area contributed by atoms with Crippen LogP contribution in [0, 0.1) is 0 Å². The van der Waals surface area contributed by atoms with Crippen molar-refractivity contribution in [2.45, 2.75) is 0 Å². The summed E-state index contributed by atoms with van der Waals surface area (Å²) in [5.41, 5.74) is 17.2. The molecule has 0 bridgehead atoms. The van der Waals surface area contributed by atoms with Crippen LogP contribution in [0.1, 0.15) is 0 Å². The molecule has 0 saturated heterocycles. The van der Waals surface area contributed by atoms with Gasteiger partial charge in [0.05, 0.1) is 33.5 Å². The molecule has 0 aliphatic carbocycles. The van der Waals surface area contributed by atoms with Gasteiger partial charge in [-0.05, 0) is 107 Å². The van der Waals surface area contributed by atoms with Crippen molar-refractivity contribution in [1.29, 1.82) is 0 Å². The molecule has 0 spiro atoms. The second-order valence-corrected chi connectivity index (χ2v) is 16.4. The fourth-order valence-corrected chi connectivity index (χ4v) is 9.74. The Morgan fingerprint density at radius 2 is 0.746 bits per heavy atom. The summed E-state index contributed by atoms with van der Waals surface area (Å²) < 4.78 is 11.5. The van der Waals surface area contributed by atoms with Crippen molar-refractivity contribution < 1.29 is 4.42 Å². The van der Waals surface area contributed by atoms with Crippen LogP contribution in [0.3, 0.4) is 0 Å². The minimum absolute atomic E-state index is 0.837. The maximum absolute atomic E-state index is 6.74. The normalized spacial score (nSPS) is 11.8. The predicted octanol–water partition coefficient (Wildman–Crippen LogP) is 15.8. The van der Waals surface area contributed by atoms with Gasteiger partial charge in [-0.25, -0.2) is 4.98 Å². The second kappa shape index (κ2) is 14.1. The Hall–Kier alpha value is -8.47. The van der Waals surface area contributed by atoms with Crippen LogP contribution in [-0.4, -0.2) is 14.1 Å². The van der Waals surface area contributed by atoms with E-state index in [0.717, 1.165) is 78.0 Å². The first kappa shape index (κ1) is 35.3. The van der Waals surface area contributed by atoms with Crippen LogP contribution in [0.2, 0.25) is 0 Å². The highest BCUT2D eigenvalue weighted by Gasteiger charge is 2.18. The maximum Gasteiger partial charge on any atom is 0.137 e. The first-order valence-electron chi connectivity index (χ1n) is 21.4. The van der Waals surface area contributed by atoms with Gasteiger partial charge in [-0.3, -0.25) is 0 Å². The fraction of sp³-hybridized carbons (Fsp3) is 0. The largest absolute Gasteiger partial charge is 0.456 e. The number of para-hydroxylation sites is 3. The zero-order chi connectivity index (χ0) is 41.4. The van der Waals surface area contributed by atoms with Gasteiger partial charge in [0, 0.05) is 60.9 Å². The third kappa shape index (κ3) is 5.73. The Morgan fingerprint density at radius 3 is 1.38 bits per heavy atom. The molecule has 9 aromatic carbocycles. The molecule has 0 amide bonds. The average Bonchev–Trinajstić information content (AvgIpc) is 4.01. The molecule has 0 aliphatic rings. The van der Waals surface area contributed by atoms with Crippen LogP contribution in [0.4, 0.5) is 0 Å². The Morgan fingerprint density at radius 1 is 0.270 bits per heavy atom. The van der Waals surface area contributed by atoms with Gasteiger partial charge in [0.1, 0.15) is 11.2 Å². The van der Waals surface area contributed by atoms with E-state index >= 15 is 0 Å². The molecule has 13 aromatic rings. The van der Waals surface area contributed by atoms with Gasteiger partial charge < -0.3 is 13.6 Å². The molecule has 0 fully saturated rings. The van der Waals surface area contributed by atoms with Crippen molar-refractivity contribution in [2.75, 3.05) is 0 Å². The van der Waals surface area contributed by atoms with Crippen molar-refractivity contribution in [3.63, 3.8) is 0 Å². The first-order valence-corrected chi connectivity index (χ1v) is 21.4. The number of aromatic nitrogens is 3. The number of hydrogen-bond acceptors (Lipinski definition) is 2. The summed E-state index contributed by atoms with van der Waals surface area (Å²) in [6.45, 7) is 0. The topological polar surface area (TPSA) is 35.9 Å². The summed E-state index contributed by atoms with van der Waals surface area (Å²) in [5.74, 6) is 0. The van der Waals surface area contributed by atoms with Crippen molar-refractivity contribution in [2.24, 2.45) is 0 Å². The molecule has 63 heavy (non-hydrogen) atoms. The van der Waals surface area contributed by atoms with E-state index in [0.29, 0.717) is 0 Å². The summed E-state index contributed by atoms with van der Waals surface area (Å²) in [7, 11) is 0. The molecule has 4 heteroatoms. The molecular weight excluding hydrogens is 767 g/mol. The summed E-state index contributed by atoms with van der Waals surface area (Å²) in [6, 6.07) is 80.2. The number of hydrogen-bond donors (Lipinski definition) is 0. The molecule has 4 nitrogen and oxygen atoms in total. The first-order chi connectivity index (χ1) is 31.2. The van der Waals surface area contributed by atoms with Gasteiger partial charge in [-0.15, -0.1) is 0 Å². The van der Waals surface area contributed by atoms with E-state index in [4.69, 9.17) is 9.40 Å². The zero-order valence-electron chi connectivity index (χ0n) is 34.1. The number of pyridine rings is 1. The molecular formula is C59H37N3O. The van der Waals surface area contributed by atoms with E-state index in [1.165, 1.54) is 43.7 Å². The lowest BCUT2D eigenvalue weighted by Gasteiger charge is -2.10. The van der Waals surface area contributed by atoms with Gasteiger partial charge in [0.25, 0.3) is 0 Å². The fourth-order valence-electron chi connectivity index (χ4n) is 9.74. The minimum atomic E-state index is 0.837. The van der Waals surface area contributed by atoms with Crippen LogP contribution in [0.25, 0.3) is 122 Å². The number of fused-ring (bicyclic) bond motifs is 9. The van der Waals surface area contributed by atoms with E-state index in [2.05, 4.69) is 228 Å². The maximum atomic E-state index is 6.74. The van der Waals surface area contributed by atoms with E-state index < -0.39 is 0 Å². The molecule has 0 radical (unpaired) electrons. The van der Waals surface area contributed by atoms with Gasteiger partial charge in [0.15, 0.2) is 0 Å². The lowest BCUT2D eigenvalue weighted by molar-refractivity contribution is 0.669. The standard InChI is InChI=1S/C59H37N3O/c1-4-14-38(15-5-1)43-34-52(39-16-6-2-7-17-39)60-53(35-43)42-24-28-48-49-29-27-45(37-59(49)63-58(48)36-42)62-55-23-13-11-21-47(55)51-33-41(26-31-57(51)62)40-25-30-56-50(32-40)46-20-10-12-22-54(46)61(56)44-18-8-3-9-19-44/h1-37H. The average molecular weight is 804 g/mol. The van der Waals surface area contributed by atoms with Gasteiger partial charge in [-0.1, -0.05) is 133 Å². The monoisotopic (exact) mass is 803 g/mol. The highest BCUT2D eigenvalue weighted by Crippen LogP contribution is 2.40. The molecule has 294 valence electrons. The van der Waals surface area contributed by atoms with Gasteiger partial charge >= 0.3 is 0 Å². The Balaban J connectivity index is 0.909. The lowest BCUT2D eigenvalue weighted by Crippen LogP contribution is -1.93. The number of rotatable bonds is 6. The highest BCUT2D eigenvalue weighted by molar-refractivity contribution is 6.13. The third-order valence-corrected chi connectivity index (χ3v) is 12.7. The Kier molecular flexibility index (Phi) is 7.87. The van der Waals surface area contributed by atoms with Crippen LogP contribution >= 0.6 is 0 Å². The van der Waals surface area contributed by atoms with Crippen molar-refractivity contribution in [1.82, 2.24) is 14.1 Å². The molecule has 0 saturated carbocycles. The smallest absolute Gasteiger partial charge is 0.137 e. The second-order valence-electron chi connectivity index (χ2n) is 16.4. The van der Waals surface area contributed by atoms with E-state index in [-0.39, 0.29) is 0 Å². The number of nitrogens with zero attached hydrogens (tertiary/aromatic N) is 3. The molecule has 4 heterocycles. The molecule has 4 aromatic heterocycles. The zero-order valence-corrected chi connectivity index (χ0v) is 34.1. The van der Waals surface area contributed by atoms with Crippen LogP contribution in [0.15, 0.2) is 229 Å². The SMILES string of the molecule is c1ccc(-c2cc(-c3ccccc3)nc(-c3ccc4c(c3)oc3cc(-n5c6ccccc6c6cc(-c7ccc8c(c7)c7ccccc7n8-c7ccccc7)ccc65)ccc34)c2)cc1. The number of benzene rings is 9. The highest BCUT2D eigenvalue weighted by atomic mass is 16.3. The molecule has 0 N–H and O–H groups in total. The van der Waals surface area contributed by atoms with Crippen LogP contribution < -0.4 is 0 Å². The third-order valence-electron chi connectivity index (χ3n) is 12.7. The summed E-state index contributed by atoms with van der Waals surface area (Å²) in [4.78, 5) is 5.18. The van der Waals surface area contributed by atoms with E-state index in [1.54, 1.807) is 0 Å². The predicted molar refractivity (Wildman–Crippen MR) is 262 cm³/mol. The molecule has 0 unspecified atom stereocenters. The molecule has 0 aliphatic heterocycles. The van der Waals surface area contributed by atoms with Crippen LogP contribution in [-0.2, 0) is 0 Å². The molecule has 13 rings (SSSR count). The van der Waals surface area contributed by atoms with Gasteiger partial charge in [-0.2, -0.15) is 0 Å². The minimum Gasteiger partial charge on any atom is -0.456 e. The Labute approximate surface area is 363 Å². The van der Waals surface area contributed by atoms with Crippen molar-refractivity contribution in [3.05, 3.63) is 224 Å². The quantitative estimate of drug-likeness (QED) is 0.168. The number of furan rings is 1. The summed E-state index contributed by atoms with van der Waals surface area (Å²) >= 11 is 0. The molecule has 0 atom stereocenters. The van der Waals surface area contributed by atoms with Crippen molar-refractivity contribution >= 4 is 65.6 Å². The van der Waals surface area contributed by atoms with E-state index in [1.807, 2.05) is 6.07 Å².